The number of hydrogen-bond acceptors (Lipinski definition) is 4. The highest BCUT2D eigenvalue weighted by atomic mass is 79.9. The largest absolute Gasteiger partial charge is 0.369 e. The van der Waals surface area contributed by atoms with E-state index >= 15 is 0 Å². The van der Waals surface area contributed by atoms with Crippen LogP contribution < -0.4 is 16.2 Å². The summed E-state index contributed by atoms with van der Waals surface area (Å²) in [5.41, 5.74) is 6.76. The maximum Gasteiger partial charge on any atom is 0.282 e. The Kier molecular flexibility index (Phi) is 4.07. The molecule has 0 amide bonds. The van der Waals surface area contributed by atoms with Crippen LogP contribution in [0.15, 0.2) is 15.5 Å². The van der Waals surface area contributed by atoms with Crippen LogP contribution in [0.3, 0.4) is 0 Å². The SMILES string of the molecule is CC(N)C1CCCN(c2cnn(C)c(=O)c2Br)C1. The van der Waals surface area contributed by atoms with Crippen LogP contribution in [0.4, 0.5) is 5.69 Å². The molecule has 1 aliphatic rings. The fourth-order valence-electron chi connectivity index (χ4n) is 2.38. The van der Waals surface area contributed by atoms with Crippen molar-refractivity contribution in [1.29, 1.82) is 0 Å². The standard InChI is InChI=1S/C12H19BrN4O/c1-8(14)9-4-3-5-17(7-9)10-6-15-16(2)12(18)11(10)13/h6,8-9H,3-5,7,14H2,1-2H3. The molecule has 0 spiro atoms. The van der Waals surface area contributed by atoms with E-state index in [4.69, 9.17) is 5.73 Å². The van der Waals surface area contributed by atoms with Crippen molar-refractivity contribution in [3.8, 4) is 0 Å². The summed E-state index contributed by atoms with van der Waals surface area (Å²) in [5, 5.41) is 4.09. The van der Waals surface area contributed by atoms with Crippen LogP contribution in [-0.2, 0) is 7.05 Å². The Morgan fingerprint density at radius 3 is 3.00 bits per heavy atom. The molecular weight excluding hydrogens is 296 g/mol. The normalized spacial score (nSPS) is 22.0. The number of halogens is 1. The average molecular weight is 315 g/mol. The second-order valence-electron chi connectivity index (χ2n) is 4.98. The Labute approximate surface area is 115 Å². The first-order valence-corrected chi connectivity index (χ1v) is 7.02. The van der Waals surface area contributed by atoms with Gasteiger partial charge in [-0.1, -0.05) is 0 Å². The van der Waals surface area contributed by atoms with E-state index in [2.05, 4.69) is 25.9 Å². The van der Waals surface area contributed by atoms with Crippen LogP contribution in [0, 0.1) is 5.92 Å². The van der Waals surface area contributed by atoms with E-state index in [9.17, 15) is 4.79 Å². The summed E-state index contributed by atoms with van der Waals surface area (Å²) >= 11 is 3.38. The van der Waals surface area contributed by atoms with Gasteiger partial charge in [0.2, 0.25) is 0 Å². The third-order valence-corrected chi connectivity index (χ3v) is 4.35. The van der Waals surface area contributed by atoms with Crippen molar-refractivity contribution >= 4 is 21.6 Å². The number of rotatable bonds is 2. The molecule has 1 fully saturated rings. The molecule has 0 saturated carbocycles. The summed E-state index contributed by atoms with van der Waals surface area (Å²) in [4.78, 5) is 14.1. The van der Waals surface area contributed by atoms with Gasteiger partial charge in [-0.2, -0.15) is 5.10 Å². The highest BCUT2D eigenvalue weighted by molar-refractivity contribution is 9.10. The zero-order valence-corrected chi connectivity index (χ0v) is 12.4. The Morgan fingerprint density at radius 1 is 1.61 bits per heavy atom. The summed E-state index contributed by atoms with van der Waals surface area (Å²) in [6.07, 6.45) is 4.01. The van der Waals surface area contributed by atoms with Gasteiger partial charge in [0.05, 0.1) is 11.9 Å². The van der Waals surface area contributed by atoms with Crippen LogP contribution in [0.2, 0.25) is 0 Å². The second-order valence-corrected chi connectivity index (χ2v) is 5.77. The molecule has 2 heterocycles. The van der Waals surface area contributed by atoms with E-state index in [0.29, 0.717) is 10.4 Å². The van der Waals surface area contributed by atoms with E-state index in [1.165, 1.54) is 4.68 Å². The van der Waals surface area contributed by atoms with Gasteiger partial charge in [0.25, 0.3) is 5.56 Å². The van der Waals surface area contributed by atoms with Gasteiger partial charge >= 0.3 is 0 Å². The Morgan fingerprint density at radius 2 is 2.33 bits per heavy atom. The van der Waals surface area contributed by atoms with Gasteiger partial charge in [-0.25, -0.2) is 4.68 Å². The van der Waals surface area contributed by atoms with Crippen LogP contribution in [-0.4, -0.2) is 28.9 Å². The van der Waals surface area contributed by atoms with Crippen molar-refractivity contribution in [3.63, 3.8) is 0 Å². The first kappa shape index (κ1) is 13.5. The third-order valence-electron chi connectivity index (χ3n) is 3.60. The topological polar surface area (TPSA) is 64.2 Å². The number of nitrogens with two attached hydrogens (primary N) is 1. The molecule has 0 aliphatic carbocycles. The minimum Gasteiger partial charge on any atom is -0.369 e. The monoisotopic (exact) mass is 314 g/mol. The van der Waals surface area contributed by atoms with Crippen molar-refractivity contribution in [2.24, 2.45) is 18.7 Å². The van der Waals surface area contributed by atoms with Gasteiger partial charge in [0.1, 0.15) is 4.47 Å². The molecule has 1 aromatic rings. The number of aromatic nitrogens is 2. The fourth-order valence-corrected chi connectivity index (χ4v) is 2.99. The summed E-state index contributed by atoms with van der Waals surface area (Å²) in [6.45, 7) is 3.90. The summed E-state index contributed by atoms with van der Waals surface area (Å²) in [6, 6.07) is 0.186. The van der Waals surface area contributed by atoms with Crippen molar-refractivity contribution in [2.45, 2.75) is 25.8 Å². The number of aryl methyl sites for hydroxylation is 1. The minimum absolute atomic E-state index is 0.101. The molecule has 0 aromatic carbocycles. The van der Waals surface area contributed by atoms with Crippen LogP contribution >= 0.6 is 15.9 Å². The summed E-state index contributed by atoms with van der Waals surface area (Å²) < 4.78 is 1.92. The molecule has 2 N–H and O–H groups in total. The van der Waals surface area contributed by atoms with E-state index in [0.717, 1.165) is 31.6 Å². The van der Waals surface area contributed by atoms with Gasteiger partial charge in [-0.05, 0) is 41.6 Å². The van der Waals surface area contributed by atoms with Crippen molar-refractivity contribution in [2.75, 3.05) is 18.0 Å². The molecular formula is C12H19BrN4O. The lowest BCUT2D eigenvalue weighted by molar-refractivity contribution is 0.364. The molecule has 1 saturated heterocycles. The summed E-state index contributed by atoms with van der Waals surface area (Å²) in [7, 11) is 1.65. The molecule has 1 aromatic heterocycles. The van der Waals surface area contributed by atoms with Crippen molar-refractivity contribution < 1.29 is 0 Å². The maximum absolute atomic E-state index is 11.8. The molecule has 18 heavy (non-hydrogen) atoms. The fraction of sp³-hybridized carbons (Fsp3) is 0.667. The van der Waals surface area contributed by atoms with Gasteiger partial charge < -0.3 is 10.6 Å². The zero-order valence-electron chi connectivity index (χ0n) is 10.8. The van der Waals surface area contributed by atoms with Crippen molar-refractivity contribution in [1.82, 2.24) is 9.78 Å². The number of piperidine rings is 1. The lowest BCUT2D eigenvalue weighted by Crippen LogP contribution is -2.43. The maximum atomic E-state index is 11.8. The van der Waals surface area contributed by atoms with Crippen LogP contribution in [0.1, 0.15) is 19.8 Å². The first-order valence-electron chi connectivity index (χ1n) is 6.23. The Bertz CT molecular complexity index is 485. The van der Waals surface area contributed by atoms with E-state index in [1.807, 2.05) is 6.92 Å². The molecule has 1 aliphatic heterocycles. The predicted molar refractivity (Wildman–Crippen MR) is 75.8 cm³/mol. The number of nitrogens with zero attached hydrogens (tertiary/aromatic N) is 3. The molecule has 5 nitrogen and oxygen atoms in total. The van der Waals surface area contributed by atoms with Gasteiger partial charge in [-0.3, -0.25) is 4.79 Å². The molecule has 2 atom stereocenters. The quantitative estimate of drug-likeness (QED) is 0.888. The van der Waals surface area contributed by atoms with Crippen LogP contribution in [0.25, 0.3) is 0 Å². The van der Waals surface area contributed by atoms with E-state index in [-0.39, 0.29) is 11.6 Å². The molecule has 0 bridgehead atoms. The van der Waals surface area contributed by atoms with Gasteiger partial charge in [-0.15, -0.1) is 0 Å². The lowest BCUT2D eigenvalue weighted by atomic mass is 9.92. The second kappa shape index (κ2) is 5.40. The number of hydrogen-bond donors (Lipinski definition) is 1. The van der Waals surface area contributed by atoms with E-state index < -0.39 is 0 Å². The van der Waals surface area contributed by atoms with Gasteiger partial charge in [0, 0.05) is 26.2 Å². The molecule has 0 radical (unpaired) electrons. The average Bonchev–Trinajstić information content (AvgIpc) is 2.36. The van der Waals surface area contributed by atoms with Gasteiger partial charge in [0.15, 0.2) is 0 Å². The lowest BCUT2D eigenvalue weighted by Gasteiger charge is -2.36. The minimum atomic E-state index is -0.101. The molecule has 2 unspecified atom stereocenters. The smallest absolute Gasteiger partial charge is 0.282 e. The molecule has 100 valence electrons. The van der Waals surface area contributed by atoms with Crippen molar-refractivity contribution in [3.05, 3.63) is 21.0 Å². The van der Waals surface area contributed by atoms with E-state index in [1.54, 1.807) is 13.2 Å². The Hall–Kier alpha value is -0.880. The predicted octanol–water partition coefficient (Wildman–Crippen LogP) is 1.11. The zero-order chi connectivity index (χ0) is 13.3. The molecule has 2 rings (SSSR count). The first-order chi connectivity index (χ1) is 8.50. The highest BCUT2D eigenvalue weighted by Crippen LogP contribution is 2.27. The Balaban J connectivity index is 2.26. The highest BCUT2D eigenvalue weighted by Gasteiger charge is 2.24. The summed E-state index contributed by atoms with van der Waals surface area (Å²) in [5.74, 6) is 0.481. The molecule has 6 heteroatoms. The number of anilines is 1. The van der Waals surface area contributed by atoms with Crippen LogP contribution in [0.5, 0.6) is 0 Å². The third kappa shape index (κ3) is 2.59.